The average molecular weight is 679 g/mol. The monoisotopic (exact) mass is 678 g/mol. The summed E-state index contributed by atoms with van der Waals surface area (Å²) >= 11 is 6.38. The van der Waals surface area contributed by atoms with Gasteiger partial charge in [-0.15, -0.1) is 0 Å². The first-order valence-electron chi connectivity index (χ1n) is 17.6. The van der Waals surface area contributed by atoms with Crippen LogP contribution in [0.2, 0.25) is 5.02 Å². The molecule has 6 N–H and O–H groups in total. The molecule has 0 bridgehead atoms. The van der Waals surface area contributed by atoms with Crippen molar-refractivity contribution in [3.63, 3.8) is 0 Å². The van der Waals surface area contributed by atoms with Crippen molar-refractivity contribution in [2.24, 2.45) is 28.5 Å². The maximum absolute atomic E-state index is 13.9. The average Bonchev–Trinajstić information content (AvgIpc) is 3.10. The number of ether oxygens (including phenoxy) is 1. The molecule has 2 saturated heterocycles. The fraction of sp³-hybridized carbons (Fsp3) is 0.568. The number of amides is 3. The number of hydrogen-bond acceptors (Lipinski definition) is 6. The molecule has 2 heterocycles. The van der Waals surface area contributed by atoms with Crippen LogP contribution in [0.25, 0.3) is 0 Å². The highest BCUT2D eigenvalue weighted by atomic mass is 35.5. The van der Waals surface area contributed by atoms with E-state index in [0.29, 0.717) is 47.6 Å². The smallest absolute Gasteiger partial charge is 0.343 e. The number of halogens is 1. The molecule has 1 saturated carbocycles. The Morgan fingerprint density at radius 1 is 1.00 bits per heavy atom. The van der Waals surface area contributed by atoms with Crippen molar-refractivity contribution in [1.82, 2.24) is 15.5 Å². The lowest BCUT2D eigenvalue weighted by molar-refractivity contribution is -0.161. The third kappa shape index (κ3) is 9.95. The number of hydrogen-bond donors (Lipinski definition) is 4. The van der Waals surface area contributed by atoms with Crippen LogP contribution >= 0.6 is 11.6 Å². The van der Waals surface area contributed by atoms with Crippen molar-refractivity contribution in [2.75, 3.05) is 31.9 Å². The minimum absolute atomic E-state index is 0.0177. The van der Waals surface area contributed by atoms with Crippen LogP contribution in [0.4, 0.5) is 10.5 Å². The molecule has 11 heteroatoms. The van der Waals surface area contributed by atoms with Gasteiger partial charge in [0.05, 0.1) is 10.7 Å². The van der Waals surface area contributed by atoms with Crippen molar-refractivity contribution < 1.29 is 19.1 Å². The number of aliphatic imine (C=N–C) groups is 1. The molecule has 3 fully saturated rings. The van der Waals surface area contributed by atoms with Crippen molar-refractivity contribution in [3.8, 4) is 0 Å². The number of benzene rings is 2. The van der Waals surface area contributed by atoms with Gasteiger partial charge < -0.3 is 31.7 Å². The zero-order chi connectivity index (χ0) is 34.0. The Labute approximate surface area is 289 Å². The van der Waals surface area contributed by atoms with Crippen LogP contribution in [-0.2, 0) is 20.7 Å². The summed E-state index contributed by atoms with van der Waals surface area (Å²) in [5.74, 6) is 1.38. The molecular weight excluding hydrogens is 628 g/mol. The van der Waals surface area contributed by atoms with Crippen molar-refractivity contribution in [3.05, 3.63) is 64.2 Å². The zero-order valence-corrected chi connectivity index (χ0v) is 28.9. The van der Waals surface area contributed by atoms with E-state index in [9.17, 15) is 14.4 Å². The van der Waals surface area contributed by atoms with Crippen LogP contribution in [0.1, 0.15) is 80.9 Å². The number of esters is 1. The summed E-state index contributed by atoms with van der Waals surface area (Å²) in [6.07, 6.45) is 7.99. The second-order valence-corrected chi connectivity index (χ2v) is 14.2. The van der Waals surface area contributed by atoms with E-state index in [2.05, 4.69) is 15.6 Å². The van der Waals surface area contributed by atoms with Gasteiger partial charge in [0.2, 0.25) is 0 Å². The molecule has 260 valence electrons. The van der Waals surface area contributed by atoms with E-state index in [4.69, 9.17) is 27.8 Å². The predicted octanol–water partition coefficient (Wildman–Crippen LogP) is 5.38. The van der Waals surface area contributed by atoms with Crippen LogP contribution in [-0.4, -0.2) is 67.0 Å². The topological polar surface area (TPSA) is 152 Å². The molecule has 10 nitrogen and oxygen atoms in total. The lowest BCUT2D eigenvalue weighted by atomic mass is 9.79. The summed E-state index contributed by atoms with van der Waals surface area (Å²) < 4.78 is 5.96. The normalized spacial score (nSPS) is 21.8. The summed E-state index contributed by atoms with van der Waals surface area (Å²) in [4.78, 5) is 45.4. The van der Waals surface area contributed by atoms with Crippen molar-refractivity contribution in [2.45, 2.75) is 89.7 Å². The predicted molar refractivity (Wildman–Crippen MR) is 190 cm³/mol. The van der Waals surface area contributed by atoms with Gasteiger partial charge >= 0.3 is 12.0 Å². The number of likely N-dealkylation sites (tertiary alicyclic amines) is 1. The number of aryl methyl sites for hydroxylation is 1. The van der Waals surface area contributed by atoms with E-state index in [1.54, 1.807) is 6.07 Å². The Kier molecular flexibility index (Phi) is 12.7. The van der Waals surface area contributed by atoms with Gasteiger partial charge in [0.25, 0.3) is 5.91 Å². The summed E-state index contributed by atoms with van der Waals surface area (Å²) in [5.41, 5.74) is 14.9. The van der Waals surface area contributed by atoms with Gasteiger partial charge in [-0.1, -0.05) is 48.0 Å². The number of urea groups is 1. The van der Waals surface area contributed by atoms with Gasteiger partial charge in [0.15, 0.2) is 6.10 Å². The first kappa shape index (κ1) is 35.7. The Balaban J connectivity index is 1.12. The van der Waals surface area contributed by atoms with Crippen LogP contribution in [0, 0.1) is 24.7 Å². The second-order valence-electron chi connectivity index (χ2n) is 13.8. The summed E-state index contributed by atoms with van der Waals surface area (Å²) in [5, 5.41) is 6.85. The molecule has 1 atom stereocenters. The summed E-state index contributed by atoms with van der Waals surface area (Å²) in [6, 6.07) is 12.5. The molecule has 0 radical (unpaired) electrons. The Morgan fingerprint density at radius 2 is 1.67 bits per heavy atom. The van der Waals surface area contributed by atoms with E-state index in [1.165, 1.54) is 12.8 Å². The second kappa shape index (κ2) is 17.2. The molecule has 2 aliphatic heterocycles. The molecule has 5 rings (SSSR count). The number of carbonyl (C=O) groups excluding carboxylic acids is 3. The lowest BCUT2D eigenvalue weighted by Gasteiger charge is -2.38. The molecule has 0 spiro atoms. The van der Waals surface area contributed by atoms with Crippen LogP contribution in [0.3, 0.4) is 0 Å². The number of nitrogens with one attached hydrogen (secondary N) is 2. The number of piperidine rings is 2. The molecule has 3 aliphatic rings. The summed E-state index contributed by atoms with van der Waals surface area (Å²) in [7, 11) is 0. The lowest BCUT2D eigenvalue weighted by Crippen LogP contribution is -2.47. The highest BCUT2D eigenvalue weighted by molar-refractivity contribution is 6.33. The van der Waals surface area contributed by atoms with Gasteiger partial charge in [0, 0.05) is 37.5 Å². The standard InChI is InChI=1S/C37H51ClN6O4/c1-24-21-26(22-31(38)34(24)39)23-32(36(46)44-19-15-28(16-20-44)27-13-17-41-18-14-27)48-33(45)12-9-25-7-10-30(11-8-25)42-37(47)43-35(40)29-5-3-2-4-6-29/h2-6,21-22,25,27-28,30,32,41H,7-20,23,39H2,1H3,(H3,40,42,43,47)/t25?,30?,32-/m1/s1. The number of nitrogen functional groups attached to an aromatic ring is 1. The highest BCUT2D eigenvalue weighted by Crippen LogP contribution is 2.32. The Morgan fingerprint density at radius 3 is 2.33 bits per heavy atom. The molecule has 2 aromatic rings. The SMILES string of the molecule is Cc1cc(C[C@@H](OC(=O)CCC2CCC(NC(=O)N=C(N)c3ccccc3)CC2)C(=O)N2CCC(C3CCNCC3)CC2)cc(Cl)c1N. The fourth-order valence-corrected chi connectivity index (χ4v) is 7.86. The van der Waals surface area contributed by atoms with E-state index >= 15 is 0 Å². The third-order valence-electron chi connectivity index (χ3n) is 10.5. The van der Waals surface area contributed by atoms with Gasteiger partial charge in [-0.2, -0.15) is 4.99 Å². The fourth-order valence-electron chi connectivity index (χ4n) is 7.57. The van der Waals surface area contributed by atoms with Crippen molar-refractivity contribution in [1.29, 1.82) is 0 Å². The maximum Gasteiger partial charge on any atom is 0.343 e. The largest absolute Gasteiger partial charge is 0.452 e. The van der Waals surface area contributed by atoms with Gasteiger partial charge in [-0.3, -0.25) is 9.59 Å². The molecule has 0 unspecified atom stereocenters. The molecule has 2 aromatic carbocycles. The highest BCUT2D eigenvalue weighted by Gasteiger charge is 2.34. The molecule has 48 heavy (non-hydrogen) atoms. The van der Waals surface area contributed by atoms with E-state index in [0.717, 1.165) is 68.7 Å². The summed E-state index contributed by atoms with van der Waals surface area (Å²) in [6.45, 7) is 5.40. The van der Waals surface area contributed by atoms with Gasteiger partial charge in [-0.05, 0) is 113 Å². The Hall–Kier alpha value is -3.63. The van der Waals surface area contributed by atoms with E-state index in [-0.39, 0.29) is 36.6 Å². The number of carbonyl (C=O) groups is 3. The quantitative estimate of drug-likeness (QED) is 0.114. The maximum atomic E-state index is 13.9. The van der Waals surface area contributed by atoms with Crippen LogP contribution in [0.5, 0.6) is 0 Å². The molecule has 1 aliphatic carbocycles. The number of nitrogens with zero attached hydrogens (tertiary/aromatic N) is 2. The number of amidine groups is 1. The van der Waals surface area contributed by atoms with E-state index in [1.807, 2.05) is 48.2 Å². The van der Waals surface area contributed by atoms with Gasteiger partial charge in [0.1, 0.15) is 5.84 Å². The number of nitrogens with two attached hydrogens (primary N) is 2. The van der Waals surface area contributed by atoms with Crippen LogP contribution in [0.15, 0.2) is 47.5 Å². The molecule has 0 aromatic heterocycles. The van der Waals surface area contributed by atoms with Crippen molar-refractivity contribution >= 4 is 41.0 Å². The van der Waals surface area contributed by atoms with Gasteiger partial charge in [-0.25, -0.2) is 4.79 Å². The minimum atomic E-state index is -0.915. The van der Waals surface area contributed by atoms with E-state index < -0.39 is 12.1 Å². The molecular formula is C37H51ClN6O4. The van der Waals surface area contributed by atoms with Crippen LogP contribution < -0.4 is 22.1 Å². The molecule has 3 amide bonds. The first-order valence-corrected chi connectivity index (χ1v) is 18.0. The number of rotatable bonds is 10. The first-order chi connectivity index (χ1) is 23.2. The minimum Gasteiger partial charge on any atom is -0.452 e. The third-order valence-corrected chi connectivity index (χ3v) is 10.8. The number of anilines is 1. The Bertz CT molecular complexity index is 1410. The zero-order valence-electron chi connectivity index (χ0n) is 28.1.